The predicted octanol–water partition coefficient (Wildman–Crippen LogP) is 3.94. The summed E-state index contributed by atoms with van der Waals surface area (Å²) in [4.78, 5) is 25.9. The molecule has 0 saturated carbocycles. The molecule has 0 bridgehead atoms. The van der Waals surface area contributed by atoms with Crippen LogP contribution in [-0.4, -0.2) is 32.2 Å². The highest BCUT2D eigenvalue weighted by molar-refractivity contribution is 9.10. The van der Waals surface area contributed by atoms with Crippen molar-refractivity contribution in [2.45, 2.75) is 12.5 Å². The highest BCUT2D eigenvalue weighted by Gasteiger charge is 2.40. The van der Waals surface area contributed by atoms with Crippen LogP contribution in [0.2, 0.25) is 0 Å². The lowest BCUT2D eigenvalue weighted by Gasteiger charge is -2.23. The van der Waals surface area contributed by atoms with Crippen LogP contribution in [0, 0.1) is 0 Å². The van der Waals surface area contributed by atoms with Gasteiger partial charge in [0.25, 0.3) is 5.91 Å². The Bertz CT molecular complexity index is 863. The van der Waals surface area contributed by atoms with Gasteiger partial charge in [0.2, 0.25) is 0 Å². The zero-order valence-electron chi connectivity index (χ0n) is 12.7. The second-order valence-electron chi connectivity index (χ2n) is 5.24. The van der Waals surface area contributed by atoms with E-state index in [9.17, 15) is 14.7 Å². The van der Waals surface area contributed by atoms with Gasteiger partial charge in [-0.15, -0.1) is 0 Å². The monoisotopic (exact) mass is 437 g/mol. The fourth-order valence-corrected chi connectivity index (χ4v) is 4.07. The molecule has 2 heterocycles. The molecule has 1 aromatic carbocycles. The molecule has 25 heavy (non-hydrogen) atoms. The molecule has 5 nitrogen and oxygen atoms in total. The molecule has 1 unspecified atom stereocenters. The zero-order chi connectivity index (χ0) is 18.0. The number of carboxylic acids is 1. The number of rotatable bonds is 5. The van der Waals surface area contributed by atoms with E-state index in [-0.39, 0.29) is 10.7 Å². The Kier molecular flexibility index (Phi) is 5.41. The number of aliphatic carboxylic acids is 1. The van der Waals surface area contributed by atoms with E-state index in [0.717, 1.165) is 17.3 Å². The molecular formula is C17H12BrNO4S2. The number of amides is 1. The largest absolute Gasteiger partial charge is 0.480 e. The smallest absolute Gasteiger partial charge is 0.327 e. The third-order valence-electron chi connectivity index (χ3n) is 3.56. The summed E-state index contributed by atoms with van der Waals surface area (Å²) in [6, 6.07) is 11.5. The summed E-state index contributed by atoms with van der Waals surface area (Å²) in [5.74, 6) is -1.03. The van der Waals surface area contributed by atoms with Crippen molar-refractivity contribution in [1.82, 2.24) is 4.90 Å². The second-order valence-corrected chi connectivity index (χ2v) is 7.69. The minimum atomic E-state index is -1.10. The van der Waals surface area contributed by atoms with Crippen molar-refractivity contribution in [2.75, 3.05) is 0 Å². The van der Waals surface area contributed by atoms with E-state index in [4.69, 9.17) is 16.6 Å². The molecular weight excluding hydrogens is 426 g/mol. The first-order valence-corrected chi connectivity index (χ1v) is 9.26. The molecule has 8 heteroatoms. The van der Waals surface area contributed by atoms with Crippen molar-refractivity contribution < 1.29 is 19.1 Å². The fourth-order valence-electron chi connectivity index (χ4n) is 2.41. The Hall–Kier alpha value is -1.90. The average Bonchev–Trinajstić information content (AvgIpc) is 3.10. The molecule has 0 radical (unpaired) electrons. The SMILES string of the molecule is O=C(O)C(Cc1ccccc1)N1C(=O)/C(=C\c2ccc(Br)o2)SC1=S. The highest BCUT2D eigenvalue weighted by atomic mass is 79.9. The van der Waals surface area contributed by atoms with Crippen molar-refractivity contribution in [2.24, 2.45) is 0 Å². The summed E-state index contributed by atoms with van der Waals surface area (Å²) in [6.45, 7) is 0. The van der Waals surface area contributed by atoms with Gasteiger partial charge in [-0.05, 0) is 33.6 Å². The summed E-state index contributed by atoms with van der Waals surface area (Å²) >= 11 is 9.52. The highest BCUT2D eigenvalue weighted by Crippen LogP contribution is 2.35. The number of carboxylic acid groups (broad SMARTS) is 1. The van der Waals surface area contributed by atoms with Gasteiger partial charge in [-0.3, -0.25) is 9.69 Å². The van der Waals surface area contributed by atoms with Gasteiger partial charge in [0.15, 0.2) is 4.67 Å². The first kappa shape index (κ1) is 17.9. The number of furan rings is 1. The van der Waals surface area contributed by atoms with Crippen molar-refractivity contribution in [3.05, 3.63) is 63.4 Å². The van der Waals surface area contributed by atoms with E-state index >= 15 is 0 Å². The van der Waals surface area contributed by atoms with Crippen LogP contribution in [0.5, 0.6) is 0 Å². The zero-order valence-corrected chi connectivity index (χ0v) is 15.9. The molecule has 1 saturated heterocycles. The van der Waals surface area contributed by atoms with Crippen LogP contribution in [0.1, 0.15) is 11.3 Å². The number of hydrogen-bond donors (Lipinski definition) is 1. The minimum absolute atomic E-state index is 0.183. The quantitative estimate of drug-likeness (QED) is 0.564. The van der Waals surface area contributed by atoms with Crippen LogP contribution in [0.4, 0.5) is 0 Å². The van der Waals surface area contributed by atoms with Gasteiger partial charge in [-0.2, -0.15) is 0 Å². The maximum absolute atomic E-state index is 12.7. The topological polar surface area (TPSA) is 70.8 Å². The van der Waals surface area contributed by atoms with Gasteiger partial charge < -0.3 is 9.52 Å². The number of nitrogens with zero attached hydrogens (tertiary/aromatic N) is 1. The molecule has 1 aromatic heterocycles. The molecule has 1 amide bonds. The fraction of sp³-hybridized carbons (Fsp3) is 0.118. The molecule has 1 fully saturated rings. The van der Waals surface area contributed by atoms with E-state index in [2.05, 4.69) is 15.9 Å². The van der Waals surface area contributed by atoms with Gasteiger partial charge in [-0.25, -0.2) is 4.79 Å². The van der Waals surface area contributed by atoms with Gasteiger partial charge in [0.1, 0.15) is 16.1 Å². The normalized spacial score (nSPS) is 17.3. The van der Waals surface area contributed by atoms with Gasteiger partial charge in [0, 0.05) is 12.5 Å². The molecule has 2 aromatic rings. The number of thioether (sulfide) groups is 1. The van der Waals surface area contributed by atoms with Crippen LogP contribution >= 0.6 is 39.9 Å². The van der Waals surface area contributed by atoms with Crippen LogP contribution in [0.25, 0.3) is 6.08 Å². The molecule has 1 atom stereocenters. The van der Waals surface area contributed by atoms with Crippen LogP contribution < -0.4 is 0 Å². The molecule has 128 valence electrons. The predicted molar refractivity (Wildman–Crippen MR) is 103 cm³/mol. The van der Waals surface area contributed by atoms with Crippen molar-refractivity contribution in [3.63, 3.8) is 0 Å². The number of hydrogen-bond acceptors (Lipinski definition) is 5. The van der Waals surface area contributed by atoms with E-state index in [0.29, 0.717) is 15.3 Å². The van der Waals surface area contributed by atoms with E-state index in [1.165, 1.54) is 4.90 Å². The maximum Gasteiger partial charge on any atom is 0.327 e. The van der Waals surface area contributed by atoms with Gasteiger partial charge >= 0.3 is 5.97 Å². The molecule has 0 aliphatic carbocycles. The van der Waals surface area contributed by atoms with E-state index in [1.807, 2.05) is 30.3 Å². The van der Waals surface area contributed by atoms with Crippen molar-refractivity contribution >= 4 is 62.2 Å². The molecule has 3 rings (SSSR count). The average molecular weight is 438 g/mol. The molecule has 1 aliphatic heterocycles. The van der Waals surface area contributed by atoms with Crippen molar-refractivity contribution in [3.8, 4) is 0 Å². The third kappa shape index (κ3) is 4.02. The lowest BCUT2D eigenvalue weighted by Crippen LogP contribution is -2.45. The summed E-state index contributed by atoms with van der Waals surface area (Å²) in [5, 5.41) is 9.60. The number of carbonyl (C=O) groups is 2. The Labute approximate surface area is 161 Å². The Morgan fingerprint density at radius 2 is 2.04 bits per heavy atom. The summed E-state index contributed by atoms with van der Waals surface area (Å²) < 4.78 is 6.13. The number of carbonyl (C=O) groups excluding carboxylic acids is 1. The molecule has 1 N–H and O–H groups in total. The van der Waals surface area contributed by atoms with Gasteiger partial charge in [0.05, 0.1) is 4.91 Å². The lowest BCUT2D eigenvalue weighted by molar-refractivity contribution is -0.145. The summed E-state index contributed by atoms with van der Waals surface area (Å²) in [5.41, 5.74) is 0.822. The first-order valence-electron chi connectivity index (χ1n) is 7.25. The first-order chi connectivity index (χ1) is 12.0. The molecule has 0 spiro atoms. The summed E-state index contributed by atoms with van der Waals surface area (Å²) in [7, 11) is 0. The summed E-state index contributed by atoms with van der Waals surface area (Å²) in [6.07, 6.45) is 1.74. The second kappa shape index (κ2) is 7.55. The standard InChI is InChI=1S/C17H12BrNO4S2/c18-14-7-6-11(23-14)9-13-15(20)19(17(24)25-13)12(16(21)22)8-10-4-2-1-3-5-10/h1-7,9,12H,8H2,(H,21,22)/b13-9+. The Balaban J connectivity index is 1.86. The molecule has 1 aliphatic rings. The minimum Gasteiger partial charge on any atom is -0.480 e. The van der Waals surface area contributed by atoms with E-state index in [1.54, 1.807) is 18.2 Å². The number of benzene rings is 1. The van der Waals surface area contributed by atoms with Crippen LogP contribution in [0.15, 0.2) is 56.5 Å². The van der Waals surface area contributed by atoms with Crippen molar-refractivity contribution in [1.29, 1.82) is 0 Å². The Morgan fingerprint density at radius 1 is 1.32 bits per heavy atom. The van der Waals surface area contributed by atoms with Crippen LogP contribution in [0.3, 0.4) is 0 Å². The number of thiocarbonyl (C=S) groups is 1. The Morgan fingerprint density at radius 3 is 2.64 bits per heavy atom. The lowest BCUT2D eigenvalue weighted by atomic mass is 10.0. The number of halogens is 1. The van der Waals surface area contributed by atoms with Gasteiger partial charge in [-0.1, -0.05) is 54.3 Å². The third-order valence-corrected chi connectivity index (χ3v) is 5.32. The van der Waals surface area contributed by atoms with Crippen LogP contribution in [-0.2, 0) is 16.0 Å². The van der Waals surface area contributed by atoms with E-state index < -0.39 is 17.9 Å². The maximum atomic E-state index is 12.7.